The zero-order valence-electron chi connectivity index (χ0n) is 53.0. The minimum Gasteiger partial charge on any atom is -0.394 e. The number of aliphatic hydroxyl groups excluding tert-OH is 11. The molecule has 1 amide bonds. The number of unbranched alkanes of at least 4 members (excludes halogenated alkanes) is 22. The molecule has 17 unspecified atom stereocenters. The molecule has 0 bridgehead atoms. The van der Waals surface area contributed by atoms with E-state index in [1.165, 1.54) is 109 Å². The van der Waals surface area contributed by atoms with Crippen LogP contribution in [0.25, 0.3) is 0 Å². The average Bonchev–Trinajstić information content (AvgIpc) is 1.25. The van der Waals surface area contributed by atoms with E-state index in [1.807, 2.05) is 6.92 Å². The Labute approximate surface area is 521 Å². The third-order valence-corrected chi connectivity index (χ3v) is 16.5. The van der Waals surface area contributed by atoms with Crippen molar-refractivity contribution in [1.29, 1.82) is 0 Å². The highest BCUT2D eigenvalue weighted by Crippen LogP contribution is 2.33. The SMILES string of the molecule is CC/C=C\C/C=C\C/C=C\C/C=C\C/C=C\C/C=C\CCCCCCCCCCCCCCCCCCCCCCC(=O)NC(COC1OC(CO)C(OC2OC(CO)C(OC3OC(CO)C(O)C(O)C3O)C(O)C2O)C(O)C1O)C(O)CCCCC. The molecule has 0 aromatic heterocycles. The van der Waals surface area contributed by atoms with Gasteiger partial charge in [-0.1, -0.05) is 222 Å². The van der Waals surface area contributed by atoms with Gasteiger partial charge in [0.2, 0.25) is 5.91 Å². The van der Waals surface area contributed by atoms with Gasteiger partial charge >= 0.3 is 0 Å². The summed E-state index contributed by atoms with van der Waals surface area (Å²) in [5.74, 6) is -0.255. The minimum atomic E-state index is -1.97. The van der Waals surface area contributed by atoms with Gasteiger partial charge in [-0.15, -0.1) is 0 Å². The van der Waals surface area contributed by atoms with E-state index < -0.39 is 124 Å². The van der Waals surface area contributed by atoms with Gasteiger partial charge in [0.25, 0.3) is 0 Å². The molecule has 0 aliphatic carbocycles. The van der Waals surface area contributed by atoms with E-state index in [2.05, 4.69) is 85.2 Å². The maximum absolute atomic E-state index is 13.2. The Morgan fingerprint density at radius 1 is 0.425 bits per heavy atom. The highest BCUT2D eigenvalue weighted by molar-refractivity contribution is 5.76. The molecule has 0 radical (unpaired) electrons. The predicted molar refractivity (Wildman–Crippen MR) is 337 cm³/mol. The number of rotatable bonds is 50. The Morgan fingerprint density at radius 3 is 1.22 bits per heavy atom. The molecule has 3 heterocycles. The second-order valence-electron chi connectivity index (χ2n) is 23.9. The highest BCUT2D eigenvalue weighted by Gasteiger charge is 2.53. The number of hydrogen-bond acceptors (Lipinski definition) is 18. The number of nitrogens with one attached hydrogen (secondary N) is 1. The summed E-state index contributed by atoms with van der Waals surface area (Å²) in [7, 11) is 0. The lowest BCUT2D eigenvalue weighted by Crippen LogP contribution is -2.66. The molecule has 19 nitrogen and oxygen atoms in total. The van der Waals surface area contributed by atoms with Crippen LogP contribution in [0.2, 0.25) is 0 Å². The van der Waals surface area contributed by atoms with Crippen LogP contribution in [0.1, 0.15) is 219 Å². The number of carbonyl (C=O) groups is 1. The van der Waals surface area contributed by atoms with Gasteiger partial charge in [0.1, 0.15) is 73.2 Å². The van der Waals surface area contributed by atoms with E-state index in [9.17, 15) is 61.0 Å². The summed E-state index contributed by atoms with van der Waals surface area (Å²) in [5.41, 5.74) is 0. The van der Waals surface area contributed by atoms with Crippen LogP contribution < -0.4 is 5.32 Å². The molecule has 0 aromatic carbocycles. The number of amides is 1. The van der Waals surface area contributed by atoms with Crippen molar-refractivity contribution in [3.05, 3.63) is 72.9 Å². The third-order valence-electron chi connectivity index (χ3n) is 16.5. The van der Waals surface area contributed by atoms with E-state index in [4.69, 9.17) is 28.4 Å². The van der Waals surface area contributed by atoms with E-state index in [0.29, 0.717) is 19.3 Å². The molecule has 3 aliphatic rings. The molecule has 3 rings (SSSR count). The van der Waals surface area contributed by atoms with Crippen LogP contribution in [-0.4, -0.2) is 193 Å². The van der Waals surface area contributed by atoms with Crippen LogP contribution in [0, 0.1) is 0 Å². The summed E-state index contributed by atoms with van der Waals surface area (Å²) >= 11 is 0. The van der Waals surface area contributed by atoms with Gasteiger partial charge in [-0.2, -0.15) is 0 Å². The van der Waals surface area contributed by atoms with Crippen molar-refractivity contribution in [2.45, 2.75) is 324 Å². The van der Waals surface area contributed by atoms with Gasteiger partial charge < -0.3 is 89.9 Å². The Balaban J connectivity index is 1.20. The van der Waals surface area contributed by atoms with Crippen molar-refractivity contribution in [1.82, 2.24) is 5.32 Å². The zero-order chi connectivity index (χ0) is 63.3. The first kappa shape index (κ1) is 78.5. The van der Waals surface area contributed by atoms with Crippen molar-refractivity contribution in [3.8, 4) is 0 Å². The van der Waals surface area contributed by atoms with Crippen molar-refractivity contribution in [2.24, 2.45) is 0 Å². The summed E-state index contributed by atoms with van der Waals surface area (Å²) in [5, 5.41) is 119. The summed E-state index contributed by atoms with van der Waals surface area (Å²) in [6, 6.07) is -0.883. The second kappa shape index (κ2) is 49.9. The number of allylic oxidation sites excluding steroid dienone is 12. The number of aliphatic hydroxyl groups is 11. The molecule has 0 spiro atoms. The average molecular weight is 1240 g/mol. The van der Waals surface area contributed by atoms with Gasteiger partial charge in [0, 0.05) is 6.42 Å². The minimum absolute atomic E-state index is 0.255. The van der Waals surface area contributed by atoms with Gasteiger partial charge in [0.05, 0.1) is 38.6 Å². The molecular formula is C68H119NO18. The van der Waals surface area contributed by atoms with Crippen molar-refractivity contribution < 1.29 is 89.4 Å². The van der Waals surface area contributed by atoms with Gasteiger partial charge in [-0.25, -0.2) is 0 Å². The molecule has 87 heavy (non-hydrogen) atoms. The number of ether oxygens (including phenoxy) is 6. The first-order valence-corrected chi connectivity index (χ1v) is 33.7. The lowest BCUT2D eigenvalue weighted by Gasteiger charge is -2.48. The number of hydrogen-bond donors (Lipinski definition) is 12. The summed E-state index contributed by atoms with van der Waals surface area (Å²) < 4.78 is 34.1. The summed E-state index contributed by atoms with van der Waals surface area (Å²) in [4.78, 5) is 13.2. The molecule has 504 valence electrons. The summed E-state index contributed by atoms with van der Waals surface area (Å²) in [6.45, 7) is 1.48. The van der Waals surface area contributed by atoms with Crippen molar-refractivity contribution >= 4 is 5.91 Å². The van der Waals surface area contributed by atoms with Crippen LogP contribution in [0.4, 0.5) is 0 Å². The molecule has 3 fully saturated rings. The maximum atomic E-state index is 13.2. The smallest absolute Gasteiger partial charge is 0.220 e. The third kappa shape index (κ3) is 32.4. The Morgan fingerprint density at radius 2 is 0.793 bits per heavy atom. The number of carbonyl (C=O) groups excluding carboxylic acids is 1. The fourth-order valence-corrected chi connectivity index (χ4v) is 11.1. The standard InChI is InChI=1S/C68H119NO18/c1-3-5-7-8-9-10-11-12-13-14-15-16-17-18-19-20-21-22-23-24-25-26-27-28-29-30-31-32-33-34-35-36-37-38-39-40-41-42-44-46-56(74)69-51(52(73)45-43-6-4-2)50-82-66-62(80)59(77)64(54(48-71)84-66)87-68-63(81)60(78)65(55(49-72)85-68)86-67-61(79)58(76)57(75)53(47-70)83-67/h5,7,9-10,12-13,15-16,18-19,21-22,51-55,57-68,70-73,75-81H,3-4,6,8,11,14,17,20,23-50H2,1-2H3,(H,69,74)/b7-5-,10-9-,13-12-,16-15-,19-18-,22-21-. The monoisotopic (exact) mass is 1240 g/mol. The quantitative estimate of drug-likeness (QED) is 0.0202. The lowest BCUT2D eigenvalue weighted by molar-refractivity contribution is -0.379. The van der Waals surface area contributed by atoms with Crippen LogP contribution in [-0.2, 0) is 33.2 Å². The largest absolute Gasteiger partial charge is 0.394 e. The first-order valence-electron chi connectivity index (χ1n) is 33.7. The van der Waals surface area contributed by atoms with Crippen LogP contribution in [0.15, 0.2) is 72.9 Å². The van der Waals surface area contributed by atoms with Gasteiger partial charge in [0.15, 0.2) is 18.9 Å². The van der Waals surface area contributed by atoms with Gasteiger partial charge in [-0.3, -0.25) is 4.79 Å². The zero-order valence-corrected chi connectivity index (χ0v) is 53.0. The fourth-order valence-electron chi connectivity index (χ4n) is 11.1. The normalized spacial score (nSPS) is 29.0. The maximum Gasteiger partial charge on any atom is 0.220 e. The molecular weight excluding hydrogens is 1120 g/mol. The molecule has 3 aliphatic heterocycles. The molecule has 0 aromatic rings. The molecule has 17 atom stereocenters. The molecule has 19 heteroatoms. The predicted octanol–water partition coefficient (Wildman–Crippen LogP) is 8.16. The van der Waals surface area contributed by atoms with Crippen LogP contribution >= 0.6 is 0 Å². The molecule has 0 saturated carbocycles. The van der Waals surface area contributed by atoms with E-state index in [1.54, 1.807) is 0 Å². The highest BCUT2D eigenvalue weighted by atomic mass is 16.8. The Hall–Kier alpha value is -2.77. The topological polar surface area (TPSA) is 307 Å². The van der Waals surface area contributed by atoms with E-state index >= 15 is 0 Å². The van der Waals surface area contributed by atoms with Crippen molar-refractivity contribution in [2.75, 3.05) is 26.4 Å². The van der Waals surface area contributed by atoms with Crippen LogP contribution in [0.3, 0.4) is 0 Å². The first-order chi connectivity index (χ1) is 42.3. The van der Waals surface area contributed by atoms with E-state index in [-0.39, 0.29) is 18.9 Å². The van der Waals surface area contributed by atoms with Crippen molar-refractivity contribution in [3.63, 3.8) is 0 Å². The summed E-state index contributed by atoms with van der Waals surface area (Å²) in [6.07, 6.45) is 35.9. The molecule has 3 saturated heterocycles. The second-order valence-corrected chi connectivity index (χ2v) is 23.9. The Bertz CT molecular complexity index is 1860. The Kier molecular flexibility index (Phi) is 45.0. The lowest BCUT2D eigenvalue weighted by atomic mass is 9.96. The fraction of sp³-hybridized carbons (Fsp3) is 0.809. The molecule has 12 N–H and O–H groups in total. The van der Waals surface area contributed by atoms with Gasteiger partial charge in [-0.05, 0) is 64.2 Å². The van der Waals surface area contributed by atoms with E-state index in [0.717, 1.165) is 70.6 Å². The van der Waals surface area contributed by atoms with Crippen LogP contribution in [0.5, 0.6) is 0 Å².